The van der Waals surface area contributed by atoms with Gasteiger partial charge in [-0.3, -0.25) is 4.98 Å². The molecule has 0 aliphatic heterocycles. The normalized spacial score (nSPS) is 13.9. The molecule has 2 aromatic rings. The smallest absolute Gasteiger partial charge is 0.106 e. The summed E-state index contributed by atoms with van der Waals surface area (Å²) in [6, 6.07) is 7.23. The molecule has 0 amide bonds. The van der Waals surface area contributed by atoms with E-state index in [4.69, 9.17) is 5.53 Å². The summed E-state index contributed by atoms with van der Waals surface area (Å²) < 4.78 is 0. The van der Waals surface area contributed by atoms with E-state index in [1.165, 1.54) is 0 Å². The van der Waals surface area contributed by atoms with Crippen LogP contribution in [0.2, 0.25) is 0 Å². The molecule has 2 unspecified atom stereocenters. The SMILES string of the molecule is [N-]=[N+]=NCC(O)C(O)c1cccc2ccncc12. The molecule has 6 nitrogen and oxygen atoms in total. The number of azide groups is 1. The molecule has 0 saturated heterocycles. The number of nitrogens with zero attached hydrogens (tertiary/aromatic N) is 4. The minimum atomic E-state index is -1.13. The maximum Gasteiger partial charge on any atom is 0.106 e. The minimum absolute atomic E-state index is 0.172. The third kappa shape index (κ3) is 2.41. The van der Waals surface area contributed by atoms with Gasteiger partial charge in [-0.2, -0.15) is 0 Å². The zero-order chi connectivity index (χ0) is 13.0. The molecule has 2 rings (SSSR count). The Morgan fingerprint density at radius 1 is 1.33 bits per heavy atom. The first-order valence-electron chi connectivity index (χ1n) is 5.43. The van der Waals surface area contributed by atoms with Crippen LogP contribution in [0, 0.1) is 0 Å². The number of pyridine rings is 1. The fraction of sp³-hybridized carbons (Fsp3) is 0.250. The maximum atomic E-state index is 10.1. The molecule has 1 aromatic heterocycles. The van der Waals surface area contributed by atoms with Crippen LogP contribution in [0.15, 0.2) is 41.8 Å². The maximum absolute atomic E-state index is 10.1. The summed E-state index contributed by atoms with van der Waals surface area (Å²) in [6.07, 6.45) is 1.05. The van der Waals surface area contributed by atoms with Gasteiger partial charge in [0.15, 0.2) is 0 Å². The van der Waals surface area contributed by atoms with Crippen molar-refractivity contribution in [3.63, 3.8) is 0 Å². The molecule has 0 aliphatic carbocycles. The average molecular weight is 244 g/mol. The summed E-state index contributed by atoms with van der Waals surface area (Å²) in [5.74, 6) is 0. The molecule has 0 fully saturated rings. The van der Waals surface area contributed by atoms with Gasteiger partial charge < -0.3 is 10.2 Å². The van der Waals surface area contributed by atoms with E-state index in [0.29, 0.717) is 5.56 Å². The van der Waals surface area contributed by atoms with Crippen LogP contribution in [-0.2, 0) is 0 Å². The van der Waals surface area contributed by atoms with E-state index >= 15 is 0 Å². The van der Waals surface area contributed by atoms with Gasteiger partial charge in [-0.15, -0.1) is 0 Å². The average Bonchev–Trinajstić information content (AvgIpc) is 2.43. The molecular weight excluding hydrogens is 232 g/mol. The molecule has 0 radical (unpaired) electrons. The van der Waals surface area contributed by atoms with Crippen molar-refractivity contribution < 1.29 is 10.2 Å². The Kier molecular flexibility index (Phi) is 3.74. The molecule has 6 heteroatoms. The molecule has 1 heterocycles. The lowest BCUT2D eigenvalue weighted by molar-refractivity contribution is 0.0253. The topological polar surface area (TPSA) is 102 Å². The van der Waals surface area contributed by atoms with Crippen LogP contribution < -0.4 is 0 Å². The second-order valence-electron chi connectivity index (χ2n) is 3.87. The van der Waals surface area contributed by atoms with Gasteiger partial charge >= 0.3 is 0 Å². The number of hydrogen-bond acceptors (Lipinski definition) is 4. The third-order valence-corrected chi connectivity index (χ3v) is 2.73. The van der Waals surface area contributed by atoms with Crippen LogP contribution >= 0.6 is 0 Å². The molecule has 0 spiro atoms. The van der Waals surface area contributed by atoms with Crippen molar-refractivity contribution in [2.45, 2.75) is 12.2 Å². The molecule has 0 aliphatic rings. The molecule has 0 saturated carbocycles. The standard InChI is InChI=1S/C12H12N4O2/c13-16-15-7-11(17)12(18)9-3-1-2-8-4-5-14-6-10(8)9/h1-6,11-12,17-18H,7H2. The summed E-state index contributed by atoms with van der Waals surface area (Å²) in [4.78, 5) is 6.56. The zero-order valence-corrected chi connectivity index (χ0v) is 9.51. The highest BCUT2D eigenvalue weighted by Gasteiger charge is 2.19. The van der Waals surface area contributed by atoms with Crippen molar-refractivity contribution >= 4 is 10.8 Å². The summed E-state index contributed by atoms with van der Waals surface area (Å²) in [5.41, 5.74) is 8.77. The van der Waals surface area contributed by atoms with Gasteiger partial charge in [0.25, 0.3) is 0 Å². The van der Waals surface area contributed by atoms with Crippen molar-refractivity contribution in [2.24, 2.45) is 5.11 Å². The number of aliphatic hydroxyl groups is 2. The fourth-order valence-corrected chi connectivity index (χ4v) is 1.82. The highest BCUT2D eigenvalue weighted by molar-refractivity contribution is 5.85. The van der Waals surface area contributed by atoms with E-state index in [9.17, 15) is 10.2 Å². The van der Waals surface area contributed by atoms with E-state index < -0.39 is 12.2 Å². The number of aromatic nitrogens is 1. The Morgan fingerprint density at radius 2 is 2.17 bits per heavy atom. The van der Waals surface area contributed by atoms with Gasteiger partial charge in [-0.1, -0.05) is 23.3 Å². The zero-order valence-electron chi connectivity index (χ0n) is 9.51. The molecule has 92 valence electrons. The third-order valence-electron chi connectivity index (χ3n) is 2.73. The second kappa shape index (κ2) is 5.46. The highest BCUT2D eigenvalue weighted by atomic mass is 16.3. The predicted octanol–water partition coefficient (Wildman–Crippen LogP) is 1.94. The van der Waals surface area contributed by atoms with Crippen molar-refractivity contribution in [3.05, 3.63) is 52.7 Å². The Balaban J connectivity index is 2.38. The predicted molar refractivity (Wildman–Crippen MR) is 66.7 cm³/mol. The van der Waals surface area contributed by atoms with Gasteiger partial charge in [0.2, 0.25) is 0 Å². The van der Waals surface area contributed by atoms with Crippen molar-refractivity contribution in [3.8, 4) is 0 Å². The van der Waals surface area contributed by atoms with E-state index in [2.05, 4.69) is 15.0 Å². The summed E-state index contributed by atoms with van der Waals surface area (Å²) in [5, 5.41) is 24.7. The van der Waals surface area contributed by atoms with Gasteiger partial charge in [0.1, 0.15) is 6.10 Å². The van der Waals surface area contributed by atoms with Crippen molar-refractivity contribution in [2.75, 3.05) is 6.54 Å². The quantitative estimate of drug-likeness (QED) is 0.488. The van der Waals surface area contributed by atoms with E-state index in [1.54, 1.807) is 24.5 Å². The van der Waals surface area contributed by atoms with Crippen LogP contribution in [0.1, 0.15) is 11.7 Å². The number of fused-ring (bicyclic) bond motifs is 1. The lowest BCUT2D eigenvalue weighted by atomic mass is 9.99. The van der Waals surface area contributed by atoms with Gasteiger partial charge in [0, 0.05) is 22.7 Å². The largest absolute Gasteiger partial charge is 0.390 e. The lowest BCUT2D eigenvalue weighted by Gasteiger charge is -2.17. The Morgan fingerprint density at radius 3 is 2.94 bits per heavy atom. The fourth-order valence-electron chi connectivity index (χ4n) is 1.82. The Labute approximate surface area is 103 Å². The number of rotatable bonds is 4. The number of benzene rings is 1. The van der Waals surface area contributed by atoms with E-state index in [1.807, 2.05) is 12.1 Å². The summed E-state index contributed by atoms with van der Waals surface area (Å²) in [6.45, 7) is -0.172. The first-order chi connectivity index (χ1) is 8.74. The second-order valence-corrected chi connectivity index (χ2v) is 3.87. The molecular formula is C12H12N4O2. The highest BCUT2D eigenvalue weighted by Crippen LogP contribution is 2.25. The van der Waals surface area contributed by atoms with Gasteiger partial charge in [0.05, 0.1) is 12.6 Å². The summed E-state index contributed by atoms with van der Waals surface area (Å²) >= 11 is 0. The number of hydrogen-bond donors (Lipinski definition) is 2. The molecule has 1 aromatic carbocycles. The van der Waals surface area contributed by atoms with Crippen molar-refractivity contribution in [1.29, 1.82) is 0 Å². The monoisotopic (exact) mass is 244 g/mol. The summed E-state index contributed by atoms with van der Waals surface area (Å²) in [7, 11) is 0. The molecule has 2 atom stereocenters. The van der Waals surface area contributed by atoms with Crippen LogP contribution in [0.4, 0.5) is 0 Å². The Bertz CT molecular complexity index is 590. The van der Waals surface area contributed by atoms with Crippen LogP contribution in [0.25, 0.3) is 21.2 Å². The number of aliphatic hydroxyl groups excluding tert-OH is 2. The van der Waals surface area contributed by atoms with Crippen LogP contribution in [0.3, 0.4) is 0 Å². The molecule has 0 bridgehead atoms. The molecule has 2 N–H and O–H groups in total. The van der Waals surface area contributed by atoms with Gasteiger partial charge in [-0.05, 0) is 22.5 Å². The van der Waals surface area contributed by atoms with Gasteiger partial charge in [-0.25, -0.2) is 0 Å². The first-order valence-corrected chi connectivity index (χ1v) is 5.43. The molecule has 18 heavy (non-hydrogen) atoms. The van der Waals surface area contributed by atoms with E-state index in [0.717, 1.165) is 10.8 Å². The van der Waals surface area contributed by atoms with Crippen molar-refractivity contribution in [1.82, 2.24) is 4.98 Å². The lowest BCUT2D eigenvalue weighted by Crippen LogP contribution is -2.21. The van der Waals surface area contributed by atoms with Crippen LogP contribution in [0.5, 0.6) is 0 Å². The minimum Gasteiger partial charge on any atom is -0.390 e. The Hall–Kier alpha value is -2.14. The van der Waals surface area contributed by atoms with Crippen LogP contribution in [-0.4, -0.2) is 27.8 Å². The van der Waals surface area contributed by atoms with E-state index in [-0.39, 0.29) is 6.54 Å². The first kappa shape index (κ1) is 12.3.